The zero-order valence-electron chi connectivity index (χ0n) is 4.47. The molecule has 0 N–H and O–H groups in total. The SMILES string of the molecule is [Br][Hg][c]1ccccc1. The Hall–Kier alpha value is 0.635. The van der Waals surface area contributed by atoms with Gasteiger partial charge in [0.1, 0.15) is 0 Å². The fraction of sp³-hybridized carbons (Fsp3) is 0. The van der Waals surface area contributed by atoms with Crippen molar-refractivity contribution in [2.45, 2.75) is 0 Å². The van der Waals surface area contributed by atoms with Gasteiger partial charge < -0.3 is 0 Å². The first kappa shape index (κ1) is 6.75. The van der Waals surface area contributed by atoms with Crippen molar-refractivity contribution in [3.8, 4) is 0 Å². The molecule has 0 aliphatic carbocycles. The second kappa shape index (κ2) is 3.62. The molecule has 0 heterocycles. The van der Waals surface area contributed by atoms with Crippen LogP contribution >= 0.6 is 11.9 Å². The molecule has 0 amide bonds. The molecule has 0 nitrogen and oxygen atoms in total. The molecule has 0 unspecified atom stereocenters. The summed E-state index contributed by atoms with van der Waals surface area (Å²) in [5.74, 6) is 0. The number of hydrogen-bond acceptors (Lipinski definition) is 0. The van der Waals surface area contributed by atoms with Crippen molar-refractivity contribution in [1.82, 2.24) is 0 Å². The summed E-state index contributed by atoms with van der Waals surface area (Å²) in [5, 5.41) is 0. The van der Waals surface area contributed by atoms with E-state index in [2.05, 4.69) is 42.2 Å². The molecule has 0 radical (unpaired) electrons. The molecular weight excluding hydrogens is 353 g/mol. The van der Waals surface area contributed by atoms with Crippen LogP contribution in [-0.2, 0) is 22.1 Å². The quantitative estimate of drug-likeness (QED) is 0.671. The van der Waals surface area contributed by atoms with Gasteiger partial charge in [0.05, 0.1) is 0 Å². The van der Waals surface area contributed by atoms with Crippen LogP contribution in [0.2, 0.25) is 0 Å². The predicted octanol–water partition coefficient (Wildman–Crippen LogP) is 1.70. The number of benzene rings is 1. The zero-order valence-corrected chi connectivity index (χ0v) is 11.6. The van der Waals surface area contributed by atoms with E-state index in [4.69, 9.17) is 0 Å². The third-order valence-corrected chi connectivity index (χ3v) is 9.71. The van der Waals surface area contributed by atoms with Crippen LogP contribution in [0.25, 0.3) is 0 Å². The number of rotatable bonds is 1. The Bertz CT molecular complexity index is 150. The van der Waals surface area contributed by atoms with Gasteiger partial charge in [-0.05, 0) is 0 Å². The zero-order chi connectivity index (χ0) is 5.82. The molecule has 0 atom stereocenters. The average Bonchev–Trinajstić information content (AvgIpc) is 1.90. The molecule has 0 bridgehead atoms. The summed E-state index contributed by atoms with van der Waals surface area (Å²) in [6, 6.07) is 10.6. The minimum atomic E-state index is -0.725. The van der Waals surface area contributed by atoms with Crippen LogP contribution in [-0.4, -0.2) is 0 Å². The summed E-state index contributed by atoms with van der Waals surface area (Å²) < 4.78 is 1.55. The number of halogens is 1. The molecule has 0 aliphatic heterocycles. The van der Waals surface area contributed by atoms with Crippen LogP contribution in [0.15, 0.2) is 30.3 Å². The molecule has 1 aromatic rings. The normalized spacial score (nSPS) is 8.12. The first-order valence-electron chi connectivity index (χ1n) is 2.53. The Kier molecular flexibility index (Phi) is 3.06. The van der Waals surface area contributed by atoms with Gasteiger partial charge in [0.25, 0.3) is 0 Å². The van der Waals surface area contributed by atoms with E-state index in [-0.39, 0.29) is 0 Å². The molecule has 0 fully saturated rings. The Morgan fingerprint density at radius 3 is 2.12 bits per heavy atom. The van der Waals surface area contributed by atoms with Crippen molar-refractivity contribution in [3.05, 3.63) is 30.3 Å². The van der Waals surface area contributed by atoms with E-state index >= 15 is 0 Å². The Morgan fingerprint density at radius 1 is 1.12 bits per heavy atom. The molecule has 0 saturated carbocycles. The summed E-state index contributed by atoms with van der Waals surface area (Å²) in [6.45, 7) is 0. The summed E-state index contributed by atoms with van der Waals surface area (Å²) in [5.41, 5.74) is 0. The van der Waals surface area contributed by atoms with Crippen LogP contribution in [0.5, 0.6) is 0 Å². The van der Waals surface area contributed by atoms with Gasteiger partial charge in [0.15, 0.2) is 0 Å². The topological polar surface area (TPSA) is 0 Å². The molecule has 0 aliphatic rings. The molecule has 38 valence electrons. The van der Waals surface area contributed by atoms with E-state index in [9.17, 15) is 0 Å². The van der Waals surface area contributed by atoms with Crippen LogP contribution in [0, 0.1) is 0 Å². The van der Waals surface area contributed by atoms with Crippen LogP contribution < -0.4 is 3.07 Å². The molecule has 0 saturated heterocycles. The predicted molar refractivity (Wildman–Crippen MR) is 35.0 cm³/mol. The fourth-order valence-electron chi connectivity index (χ4n) is 0.567. The average molecular weight is 358 g/mol. The van der Waals surface area contributed by atoms with E-state index < -0.39 is 22.1 Å². The minimum absolute atomic E-state index is 0.725. The Labute approximate surface area is 67.0 Å². The molecule has 1 aromatic carbocycles. The third kappa shape index (κ3) is 1.86. The van der Waals surface area contributed by atoms with Gasteiger partial charge in [0.2, 0.25) is 0 Å². The fourth-order valence-corrected chi connectivity index (χ4v) is 5.60. The van der Waals surface area contributed by atoms with Crippen molar-refractivity contribution in [1.29, 1.82) is 0 Å². The van der Waals surface area contributed by atoms with Crippen molar-refractivity contribution < 1.29 is 22.1 Å². The second-order valence-electron chi connectivity index (χ2n) is 1.62. The maximum atomic E-state index is 3.58. The maximum absolute atomic E-state index is 3.58. The standard InChI is InChI=1S/C6H5.BrH.Hg/c1-2-4-6-5-3-1;;/h1-5H;1H;/q;;+1/p-1. The van der Waals surface area contributed by atoms with E-state index in [1.165, 1.54) is 0 Å². The first-order valence-corrected chi connectivity index (χ1v) is 17.2. The Balaban J connectivity index is 2.83. The van der Waals surface area contributed by atoms with Gasteiger partial charge in [-0.15, -0.1) is 0 Å². The molecule has 8 heavy (non-hydrogen) atoms. The van der Waals surface area contributed by atoms with Gasteiger partial charge in [0, 0.05) is 0 Å². The van der Waals surface area contributed by atoms with E-state index in [1.54, 1.807) is 3.07 Å². The first-order chi connectivity index (χ1) is 3.93. The van der Waals surface area contributed by atoms with Crippen LogP contribution in [0.3, 0.4) is 0 Å². The molecule has 0 spiro atoms. The number of hydrogen-bond donors (Lipinski definition) is 0. The third-order valence-electron chi connectivity index (χ3n) is 0.997. The van der Waals surface area contributed by atoms with Crippen molar-refractivity contribution in [2.24, 2.45) is 0 Å². The Morgan fingerprint density at radius 2 is 1.75 bits per heavy atom. The molecule has 1 rings (SSSR count). The summed E-state index contributed by atoms with van der Waals surface area (Å²) in [4.78, 5) is 0. The summed E-state index contributed by atoms with van der Waals surface area (Å²) in [7, 11) is 0. The van der Waals surface area contributed by atoms with Crippen molar-refractivity contribution >= 4 is 15.0 Å². The van der Waals surface area contributed by atoms with Gasteiger partial charge in [-0.1, -0.05) is 0 Å². The van der Waals surface area contributed by atoms with Gasteiger partial charge in [-0.3, -0.25) is 0 Å². The van der Waals surface area contributed by atoms with E-state index in [0.717, 1.165) is 0 Å². The van der Waals surface area contributed by atoms with Crippen LogP contribution in [0.4, 0.5) is 0 Å². The van der Waals surface area contributed by atoms with Gasteiger partial charge in [-0.2, -0.15) is 0 Å². The summed E-state index contributed by atoms with van der Waals surface area (Å²) >= 11 is 2.85. The molecular formula is C6H5BrHg. The van der Waals surface area contributed by atoms with E-state index in [0.29, 0.717) is 0 Å². The second-order valence-corrected chi connectivity index (χ2v) is 10.8. The summed E-state index contributed by atoms with van der Waals surface area (Å²) in [6.07, 6.45) is 0. The van der Waals surface area contributed by atoms with Gasteiger partial charge >= 0.3 is 67.5 Å². The van der Waals surface area contributed by atoms with Crippen molar-refractivity contribution in [3.63, 3.8) is 0 Å². The van der Waals surface area contributed by atoms with E-state index in [1.807, 2.05) is 0 Å². The molecule has 0 aromatic heterocycles. The van der Waals surface area contributed by atoms with Crippen molar-refractivity contribution in [2.75, 3.05) is 0 Å². The van der Waals surface area contributed by atoms with Gasteiger partial charge in [-0.25, -0.2) is 0 Å². The van der Waals surface area contributed by atoms with Crippen LogP contribution in [0.1, 0.15) is 0 Å². The molecule has 2 heteroatoms. The monoisotopic (exact) mass is 358 g/mol.